The first-order valence-corrected chi connectivity index (χ1v) is 6.19. The number of quaternary nitrogens is 1. The summed E-state index contributed by atoms with van der Waals surface area (Å²) in [5.41, 5.74) is 2.65. The SMILES string of the molecule is CN(C)C/C(=C/[NH+](C)C)c1ccc(Br)cc1. The van der Waals surface area contributed by atoms with Crippen LogP contribution >= 0.6 is 15.9 Å². The third-order valence-electron chi connectivity index (χ3n) is 2.16. The molecule has 0 amide bonds. The first kappa shape index (κ1) is 13.4. The molecule has 1 N–H and O–H groups in total. The second kappa shape index (κ2) is 6.18. The Morgan fingerprint density at radius 1 is 1.25 bits per heavy atom. The number of likely N-dealkylation sites (N-methyl/N-ethyl adjacent to an activating group) is 1. The van der Waals surface area contributed by atoms with E-state index in [1.54, 1.807) is 0 Å². The molecule has 0 aliphatic rings. The predicted octanol–water partition coefficient (Wildman–Crippen LogP) is 1.50. The van der Waals surface area contributed by atoms with E-state index in [4.69, 9.17) is 0 Å². The van der Waals surface area contributed by atoms with Crippen LogP contribution in [0.4, 0.5) is 0 Å². The van der Waals surface area contributed by atoms with E-state index in [0.29, 0.717) is 0 Å². The number of nitrogens with zero attached hydrogens (tertiary/aromatic N) is 1. The normalized spacial score (nSPS) is 12.6. The molecule has 0 atom stereocenters. The molecule has 0 aromatic heterocycles. The highest BCUT2D eigenvalue weighted by atomic mass is 79.9. The highest BCUT2D eigenvalue weighted by Gasteiger charge is 2.05. The fourth-order valence-electron chi connectivity index (χ4n) is 1.57. The second-order valence-corrected chi connectivity index (χ2v) is 5.41. The molecule has 0 fully saturated rings. The highest BCUT2D eigenvalue weighted by Crippen LogP contribution is 2.17. The maximum absolute atomic E-state index is 3.46. The molecule has 3 heteroatoms. The van der Waals surface area contributed by atoms with Gasteiger partial charge in [0.1, 0.15) is 0 Å². The van der Waals surface area contributed by atoms with Crippen LogP contribution in [-0.2, 0) is 0 Å². The van der Waals surface area contributed by atoms with Crippen molar-refractivity contribution in [2.45, 2.75) is 0 Å². The minimum Gasteiger partial charge on any atom is -0.313 e. The molecular weight excluding hydrogens is 264 g/mol. The van der Waals surface area contributed by atoms with E-state index in [2.05, 4.69) is 79.5 Å². The molecular formula is C13H20BrN2+. The van der Waals surface area contributed by atoms with Crippen molar-refractivity contribution in [3.8, 4) is 0 Å². The summed E-state index contributed by atoms with van der Waals surface area (Å²) >= 11 is 3.46. The summed E-state index contributed by atoms with van der Waals surface area (Å²) in [5.74, 6) is 0. The van der Waals surface area contributed by atoms with Gasteiger partial charge >= 0.3 is 0 Å². The minimum atomic E-state index is 0.965. The molecule has 0 aliphatic heterocycles. The number of hydrogen-bond acceptors (Lipinski definition) is 1. The van der Waals surface area contributed by atoms with Gasteiger partial charge in [0.2, 0.25) is 0 Å². The van der Waals surface area contributed by atoms with Crippen LogP contribution in [0.1, 0.15) is 5.56 Å². The van der Waals surface area contributed by atoms with Crippen molar-refractivity contribution in [2.24, 2.45) is 0 Å². The Balaban J connectivity index is 2.96. The van der Waals surface area contributed by atoms with Crippen molar-refractivity contribution in [3.63, 3.8) is 0 Å². The zero-order valence-electron chi connectivity index (χ0n) is 10.4. The quantitative estimate of drug-likeness (QED) is 0.880. The Morgan fingerprint density at radius 2 is 1.81 bits per heavy atom. The summed E-state index contributed by atoms with van der Waals surface area (Å²) in [5, 5.41) is 0. The molecule has 1 rings (SSSR count). The summed E-state index contributed by atoms with van der Waals surface area (Å²) in [6.45, 7) is 0.965. The molecule has 0 saturated carbocycles. The van der Waals surface area contributed by atoms with Crippen molar-refractivity contribution >= 4 is 21.5 Å². The van der Waals surface area contributed by atoms with Crippen LogP contribution in [0.25, 0.3) is 5.57 Å². The lowest BCUT2D eigenvalue weighted by Crippen LogP contribution is -3.00. The van der Waals surface area contributed by atoms with Crippen molar-refractivity contribution in [3.05, 3.63) is 40.5 Å². The van der Waals surface area contributed by atoms with E-state index >= 15 is 0 Å². The zero-order valence-corrected chi connectivity index (χ0v) is 12.0. The lowest BCUT2D eigenvalue weighted by molar-refractivity contribution is -0.800. The van der Waals surface area contributed by atoms with Crippen LogP contribution in [0.3, 0.4) is 0 Å². The van der Waals surface area contributed by atoms with Crippen LogP contribution in [0.2, 0.25) is 0 Å². The minimum absolute atomic E-state index is 0.965. The molecule has 1 aromatic carbocycles. The van der Waals surface area contributed by atoms with Gasteiger partial charge in [0.25, 0.3) is 0 Å². The topological polar surface area (TPSA) is 7.68 Å². The first-order chi connectivity index (χ1) is 7.49. The number of hydrogen-bond donors (Lipinski definition) is 1. The highest BCUT2D eigenvalue weighted by molar-refractivity contribution is 9.10. The molecule has 2 nitrogen and oxygen atoms in total. The predicted molar refractivity (Wildman–Crippen MR) is 73.5 cm³/mol. The lowest BCUT2D eigenvalue weighted by atomic mass is 10.1. The van der Waals surface area contributed by atoms with Gasteiger partial charge in [-0.15, -0.1) is 0 Å². The number of rotatable bonds is 4. The zero-order chi connectivity index (χ0) is 12.1. The third-order valence-corrected chi connectivity index (χ3v) is 2.69. The maximum Gasteiger partial charge on any atom is 0.0989 e. The lowest BCUT2D eigenvalue weighted by Gasteiger charge is -2.14. The van der Waals surface area contributed by atoms with Gasteiger partial charge in [-0.3, -0.25) is 0 Å². The molecule has 16 heavy (non-hydrogen) atoms. The Kier molecular flexibility index (Phi) is 5.19. The maximum atomic E-state index is 3.46. The van der Waals surface area contributed by atoms with Crippen molar-refractivity contribution in [1.82, 2.24) is 4.90 Å². The van der Waals surface area contributed by atoms with Crippen LogP contribution in [-0.4, -0.2) is 39.6 Å². The summed E-state index contributed by atoms with van der Waals surface area (Å²) in [4.78, 5) is 3.52. The van der Waals surface area contributed by atoms with Gasteiger partial charge in [0, 0.05) is 16.6 Å². The first-order valence-electron chi connectivity index (χ1n) is 5.40. The smallest absolute Gasteiger partial charge is 0.0989 e. The van der Waals surface area contributed by atoms with Gasteiger partial charge in [-0.25, -0.2) is 0 Å². The molecule has 0 spiro atoms. The standard InChI is InChI=1S/C13H19BrN2/c1-15(2)9-12(10-16(3)4)11-5-7-13(14)8-6-11/h5-9H,10H2,1-4H3/p+1/b12-9-. The average Bonchev–Trinajstić information content (AvgIpc) is 2.16. The van der Waals surface area contributed by atoms with E-state index in [1.807, 2.05) is 0 Å². The van der Waals surface area contributed by atoms with Crippen molar-refractivity contribution < 1.29 is 4.90 Å². The van der Waals surface area contributed by atoms with E-state index in [9.17, 15) is 0 Å². The number of halogens is 1. The second-order valence-electron chi connectivity index (χ2n) is 4.49. The van der Waals surface area contributed by atoms with E-state index in [1.165, 1.54) is 16.0 Å². The number of nitrogens with one attached hydrogen (secondary N) is 1. The van der Waals surface area contributed by atoms with E-state index < -0.39 is 0 Å². The van der Waals surface area contributed by atoms with Gasteiger partial charge in [-0.2, -0.15) is 0 Å². The van der Waals surface area contributed by atoms with Crippen LogP contribution in [0, 0.1) is 0 Å². The van der Waals surface area contributed by atoms with Crippen LogP contribution in [0.15, 0.2) is 34.9 Å². The molecule has 0 radical (unpaired) electrons. The van der Waals surface area contributed by atoms with E-state index in [-0.39, 0.29) is 0 Å². The summed E-state index contributed by atoms with van der Waals surface area (Å²) in [6.07, 6.45) is 2.25. The van der Waals surface area contributed by atoms with Crippen LogP contribution < -0.4 is 4.90 Å². The summed E-state index contributed by atoms with van der Waals surface area (Å²) < 4.78 is 1.12. The molecule has 0 unspecified atom stereocenters. The summed E-state index contributed by atoms with van der Waals surface area (Å²) in [6, 6.07) is 8.48. The fourth-order valence-corrected chi connectivity index (χ4v) is 1.84. The fraction of sp³-hybridized carbons (Fsp3) is 0.385. The Hall–Kier alpha value is -0.640. The van der Waals surface area contributed by atoms with Gasteiger partial charge in [-0.05, 0) is 31.8 Å². The Labute approximate surface area is 107 Å². The van der Waals surface area contributed by atoms with E-state index in [0.717, 1.165) is 11.0 Å². The van der Waals surface area contributed by atoms with Gasteiger partial charge in [0.15, 0.2) is 0 Å². The molecule has 0 heterocycles. The molecule has 88 valence electrons. The molecule has 0 saturated heterocycles. The monoisotopic (exact) mass is 283 g/mol. The van der Waals surface area contributed by atoms with Crippen molar-refractivity contribution in [1.29, 1.82) is 0 Å². The van der Waals surface area contributed by atoms with Gasteiger partial charge in [0.05, 0.1) is 20.3 Å². The largest absolute Gasteiger partial charge is 0.313 e. The Morgan fingerprint density at radius 3 is 2.25 bits per heavy atom. The molecule has 0 aliphatic carbocycles. The van der Waals surface area contributed by atoms with Crippen molar-refractivity contribution in [2.75, 3.05) is 34.7 Å². The summed E-state index contributed by atoms with van der Waals surface area (Å²) in [7, 11) is 8.46. The number of benzene rings is 1. The van der Waals surface area contributed by atoms with Crippen LogP contribution in [0.5, 0.6) is 0 Å². The van der Waals surface area contributed by atoms with Gasteiger partial charge < -0.3 is 9.80 Å². The molecule has 0 bridgehead atoms. The average molecular weight is 284 g/mol. The Bertz CT molecular complexity index is 353. The third kappa shape index (κ3) is 4.47. The molecule has 1 aromatic rings. The van der Waals surface area contributed by atoms with Gasteiger partial charge in [-0.1, -0.05) is 28.1 Å².